The Morgan fingerprint density at radius 2 is 1.92 bits per heavy atom. The summed E-state index contributed by atoms with van der Waals surface area (Å²) in [5.41, 5.74) is 1.88. The highest BCUT2D eigenvalue weighted by Gasteiger charge is 2.22. The van der Waals surface area contributed by atoms with Gasteiger partial charge in [-0.15, -0.1) is 0 Å². The minimum Gasteiger partial charge on any atom is -0.493 e. The molecule has 0 radical (unpaired) electrons. The number of hydrogen-bond donors (Lipinski definition) is 1. The van der Waals surface area contributed by atoms with Crippen molar-refractivity contribution in [1.29, 1.82) is 0 Å². The molecule has 0 aliphatic rings. The van der Waals surface area contributed by atoms with Crippen molar-refractivity contribution in [3.8, 4) is 22.9 Å². The molecule has 0 bridgehead atoms. The number of methoxy groups -OCH3 is 2. The molecule has 0 saturated carbocycles. The molecule has 1 N–H and O–H groups in total. The molecule has 0 aliphatic carbocycles. The summed E-state index contributed by atoms with van der Waals surface area (Å²) in [5.74, 6) is 0.134. The second-order valence-electron chi connectivity index (χ2n) is 5.24. The zero-order valence-electron chi connectivity index (χ0n) is 13.7. The van der Waals surface area contributed by atoms with Gasteiger partial charge in [0.1, 0.15) is 5.56 Å². The molecule has 8 heteroatoms. The fraction of sp³-hybridized carbons (Fsp3) is 0.250. The Kier molecular flexibility index (Phi) is 3.98. The highest BCUT2D eigenvalue weighted by Crippen LogP contribution is 2.40. The van der Waals surface area contributed by atoms with Gasteiger partial charge in [0, 0.05) is 19.5 Å². The standard InChI is InChI=1S/C16H17FN4O3/c1-20-11(5-9-6-13(21(2)22)18-8-12(9)20)14-15(23-3)10(17)7-19-16(14)24-4/h5-8,22H,1-4H3. The van der Waals surface area contributed by atoms with Crippen LogP contribution in [0.3, 0.4) is 0 Å². The van der Waals surface area contributed by atoms with Crippen molar-refractivity contribution in [2.75, 3.05) is 26.3 Å². The van der Waals surface area contributed by atoms with E-state index < -0.39 is 5.82 Å². The number of fused-ring (bicyclic) bond motifs is 1. The van der Waals surface area contributed by atoms with Crippen LogP contribution in [0.5, 0.6) is 11.6 Å². The van der Waals surface area contributed by atoms with E-state index in [4.69, 9.17) is 9.47 Å². The van der Waals surface area contributed by atoms with Crippen LogP contribution in [-0.4, -0.2) is 41.0 Å². The first-order chi connectivity index (χ1) is 11.5. The maximum absolute atomic E-state index is 14.1. The number of nitrogens with zero attached hydrogens (tertiary/aromatic N) is 4. The van der Waals surface area contributed by atoms with Gasteiger partial charge in [-0.25, -0.2) is 19.4 Å². The molecule has 0 aliphatic heterocycles. The topological polar surface area (TPSA) is 72.6 Å². The molecule has 24 heavy (non-hydrogen) atoms. The molecule has 0 saturated heterocycles. The average molecular weight is 332 g/mol. The van der Waals surface area contributed by atoms with Crippen molar-refractivity contribution >= 4 is 16.7 Å². The quantitative estimate of drug-likeness (QED) is 0.741. The lowest BCUT2D eigenvalue weighted by atomic mass is 10.1. The molecule has 3 aromatic rings. The molecule has 0 spiro atoms. The zero-order valence-corrected chi connectivity index (χ0v) is 13.7. The monoisotopic (exact) mass is 332 g/mol. The summed E-state index contributed by atoms with van der Waals surface area (Å²) >= 11 is 0. The first kappa shape index (κ1) is 16.0. The summed E-state index contributed by atoms with van der Waals surface area (Å²) in [4.78, 5) is 8.16. The number of hydroxylamine groups is 1. The molecule has 3 heterocycles. The lowest BCUT2D eigenvalue weighted by Crippen LogP contribution is -2.11. The van der Waals surface area contributed by atoms with Gasteiger partial charge in [-0.1, -0.05) is 0 Å². The van der Waals surface area contributed by atoms with Gasteiger partial charge in [0.15, 0.2) is 17.4 Å². The van der Waals surface area contributed by atoms with Crippen LogP contribution < -0.4 is 14.5 Å². The van der Waals surface area contributed by atoms with E-state index in [0.29, 0.717) is 17.1 Å². The first-order valence-corrected chi connectivity index (χ1v) is 7.12. The van der Waals surface area contributed by atoms with E-state index in [1.807, 2.05) is 17.7 Å². The minimum atomic E-state index is -0.576. The maximum Gasteiger partial charge on any atom is 0.226 e. The predicted molar refractivity (Wildman–Crippen MR) is 87.2 cm³/mol. The molecule has 0 atom stereocenters. The molecule has 7 nitrogen and oxygen atoms in total. The maximum atomic E-state index is 14.1. The zero-order chi connectivity index (χ0) is 17.4. The van der Waals surface area contributed by atoms with E-state index in [2.05, 4.69) is 9.97 Å². The Bertz CT molecular complexity index is 908. The summed E-state index contributed by atoms with van der Waals surface area (Å²) in [6.45, 7) is 0. The number of rotatable bonds is 4. The van der Waals surface area contributed by atoms with Crippen molar-refractivity contribution < 1.29 is 19.1 Å². The summed E-state index contributed by atoms with van der Waals surface area (Å²) < 4.78 is 26.4. The van der Waals surface area contributed by atoms with Crippen LogP contribution in [0.1, 0.15) is 0 Å². The second-order valence-corrected chi connectivity index (χ2v) is 5.24. The largest absolute Gasteiger partial charge is 0.493 e. The van der Waals surface area contributed by atoms with E-state index in [0.717, 1.165) is 22.2 Å². The van der Waals surface area contributed by atoms with Gasteiger partial charge in [-0.2, -0.15) is 0 Å². The predicted octanol–water partition coefficient (Wildman–Crippen LogP) is 2.62. The average Bonchev–Trinajstić information content (AvgIpc) is 2.90. The third-order valence-corrected chi connectivity index (χ3v) is 3.85. The van der Waals surface area contributed by atoms with Gasteiger partial charge in [-0.05, 0) is 12.1 Å². The second kappa shape index (κ2) is 5.97. The molecule has 3 aromatic heterocycles. The number of hydrogen-bond acceptors (Lipinski definition) is 6. The van der Waals surface area contributed by atoms with Crippen LogP contribution >= 0.6 is 0 Å². The Balaban J connectivity index is 2.31. The van der Waals surface area contributed by atoms with E-state index >= 15 is 0 Å². The lowest BCUT2D eigenvalue weighted by molar-refractivity contribution is 0.276. The molecule has 126 valence electrons. The molecular weight excluding hydrogens is 315 g/mol. The number of anilines is 1. The third-order valence-electron chi connectivity index (χ3n) is 3.85. The number of ether oxygens (including phenoxy) is 2. The van der Waals surface area contributed by atoms with Crippen molar-refractivity contribution in [3.63, 3.8) is 0 Å². The summed E-state index contributed by atoms with van der Waals surface area (Å²) in [6.07, 6.45) is 2.69. The van der Waals surface area contributed by atoms with Crippen LogP contribution in [0.25, 0.3) is 22.2 Å². The normalized spacial score (nSPS) is 10.9. The van der Waals surface area contributed by atoms with Gasteiger partial charge in [0.2, 0.25) is 5.88 Å². The molecule has 3 rings (SSSR count). The summed E-state index contributed by atoms with van der Waals surface area (Å²) in [6, 6.07) is 3.57. The first-order valence-electron chi connectivity index (χ1n) is 7.12. The summed E-state index contributed by atoms with van der Waals surface area (Å²) in [7, 11) is 6.17. The SMILES string of the molecule is COc1ncc(F)c(OC)c1-c1cc2cc(N(C)O)ncc2n1C. The van der Waals surface area contributed by atoms with E-state index in [1.165, 1.54) is 21.3 Å². The van der Waals surface area contributed by atoms with Gasteiger partial charge in [0.05, 0.1) is 37.8 Å². The Hall–Kier alpha value is -2.87. The van der Waals surface area contributed by atoms with Crippen molar-refractivity contribution in [2.24, 2.45) is 7.05 Å². The number of pyridine rings is 2. The van der Waals surface area contributed by atoms with Crippen LogP contribution in [0, 0.1) is 5.82 Å². The van der Waals surface area contributed by atoms with Crippen LogP contribution in [-0.2, 0) is 7.05 Å². The van der Waals surface area contributed by atoms with Crippen LogP contribution in [0.4, 0.5) is 10.2 Å². The number of halogens is 1. The Morgan fingerprint density at radius 1 is 1.17 bits per heavy atom. The van der Waals surface area contributed by atoms with Crippen LogP contribution in [0.2, 0.25) is 0 Å². The van der Waals surface area contributed by atoms with Gasteiger partial charge < -0.3 is 14.0 Å². The third kappa shape index (κ3) is 2.41. The van der Waals surface area contributed by atoms with Gasteiger partial charge in [-0.3, -0.25) is 5.21 Å². The fourth-order valence-electron chi connectivity index (χ4n) is 2.67. The molecule has 0 amide bonds. The van der Waals surface area contributed by atoms with Crippen LogP contribution in [0.15, 0.2) is 24.5 Å². The van der Waals surface area contributed by atoms with Gasteiger partial charge >= 0.3 is 0 Å². The van der Waals surface area contributed by atoms with E-state index in [1.54, 1.807) is 12.3 Å². The molecule has 0 aromatic carbocycles. The highest BCUT2D eigenvalue weighted by atomic mass is 19.1. The molecule has 0 fully saturated rings. The lowest BCUT2D eigenvalue weighted by Gasteiger charge is -2.13. The van der Waals surface area contributed by atoms with Crippen molar-refractivity contribution in [3.05, 3.63) is 30.3 Å². The Labute approximate surface area is 137 Å². The van der Waals surface area contributed by atoms with Gasteiger partial charge in [0.25, 0.3) is 0 Å². The van der Waals surface area contributed by atoms with Crippen molar-refractivity contribution in [2.45, 2.75) is 0 Å². The Morgan fingerprint density at radius 3 is 2.54 bits per heavy atom. The fourth-order valence-corrected chi connectivity index (χ4v) is 2.67. The molecular formula is C16H17FN4O3. The van der Waals surface area contributed by atoms with E-state index in [-0.39, 0.29) is 11.6 Å². The summed E-state index contributed by atoms with van der Waals surface area (Å²) in [5, 5.41) is 11.3. The smallest absolute Gasteiger partial charge is 0.226 e. The van der Waals surface area contributed by atoms with Crippen molar-refractivity contribution in [1.82, 2.24) is 14.5 Å². The molecule has 0 unspecified atom stereocenters. The minimum absolute atomic E-state index is 0.0558. The number of aromatic nitrogens is 3. The number of aryl methyl sites for hydroxylation is 1. The van der Waals surface area contributed by atoms with E-state index in [9.17, 15) is 9.60 Å². The highest BCUT2D eigenvalue weighted by molar-refractivity contribution is 5.90.